The molecule has 168 valence electrons. The van der Waals surface area contributed by atoms with E-state index in [0.29, 0.717) is 19.8 Å². The number of hydrogen-bond acceptors (Lipinski definition) is 6. The fraction of sp³-hybridized carbons (Fsp3) is 0.455. The monoisotopic (exact) mass is 509 g/mol. The molecule has 0 radical (unpaired) electrons. The number of hydrogen-bond donors (Lipinski definition) is 1. The second-order valence-electron chi connectivity index (χ2n) is 7.69. The topological polar surface area (TPSA) is 71.1 Å². The second-order valence-corrected chi connectivity index (χ2v) is 10.4. The van der Waals surface area contributed by atoms with E-state index in [-0.39, 0.29) is 4.90 Å². The zero-order valence-corrected chi connectivity index (χ0v) is 19.8. The molecule has 7 nitrogen and oxygen atoms in total. The highest BCUT2D eigenvalue weighted by molar-refractivity contribution is 9.10. The summed E-state index contributed by atoms with van der Waals surface area (Å²) >= 11 is 3.31. The summed E-state index contributed by atoms with van der Waals surface area (Å²) in [5.41, 5.74) is 1.11. The maximum atomic E-state index is 12.4. The number of anilines is 1. The van der Waals surface area contributed by atoms with Crippen LogP contribution in [0, 0.1) is 0 Å². The van der Waals surface area contributed by atoms with Gasteiger partial charge in [0.25, 0.3) is 0 Å². The van der Waals surface area contributed by atoms with Crippen LogP contribution in [-0.2, 0) is 10.0 Å². The first-order valence-electron chi connectivity index (χ1n) is 10.6. The number of ether oxygens (including phenoxy) is 2. The lowest BCUT2D eigenvalue weighted by Crippen LogP contribution is -2.46. The predicted octanol–water partition coefficient (Wildman–Crippen LogP) is 3.10. The molecule has 0 saturated carbocycles. The summed E-state index contributed by atoms with van der Waals surface area (Å²) < 4.78 is 39.7. The smallest absolute Gasteiger partial charge is 0.240 e. The third-order valence-corrected chi connectivity index (χ3v) is 7.51. The average molecular weight is 510 g/mol. The van der Waals surface area contributed by atoms with E-state index in [1.165, 1.54) is 0 Å². The van der Waals surface area contributed by atoms with Crippen molar-refractivity contribution in [3.63, 3.8) is 0 Å². The zero-order chi connectivity index (χ0) is 21.7. The first kappa shape index (κ1) is 22.4. The molecule has 1 fully saturated rings. The van der Waals surface area contributed by atoms with E-state index in [4.69, 9.17) is 9.47 Å². The van der Waals surface area contributed by atoms with Gasteiger partial charge < -0.3 is 14.4 Å². The Morgan fingerprint density at radius 2 is 1.74 bits per heavy atom. The molecule has 0 atom stereocenters. The van der Waals surface area contributed by atoms with Gasteiger partial charge in [0, 0.05) is 37.2 Å². The SMILES string of the molecule is O=S(=O)(NCCCCN1CCN(c2cccc3c2OCCO3)CC1)c1cccc(Br)c1. The van der Waals surface area contributed by atoms with Crippen molar-refractivity contribution >= 4 is 31.6 Å². The van der Waals surface area contributed by atoms with Crippen LogP contribution in [0.15, 0.2) is 51.8 Å². The Labute approximate surface area is 192 Å². The Balaban J connectivity index is 1.18. The number of fused-ring (bicyclic) bond motifs is 1. The number of para-hydroxylation sites is 1. The number of sulfonamides is 1. The summed E-state index contributed by atoms with van der Waals surface area (Å²) in [6, 6.07) is 12.8. The summed E-state index contributed by atoms with van der Waals surface area (Å²) in [6.07, 6.45) is 1.77. The largest absolute Gasteiger partial charge is 0.486 e. The van der Waals surface area contributed by atoms with Gasteiger partial charge in [0.1, 0.15) is 13.2 Å². The average Bonchev–Trinajstić information content (AvgIpc) is 2.79. The van der Waals surface area contributed by atoms with Gasteiger partial charge in [-0.15, -0.1) is 0 Å². The van der Waals surface area contributed by atoms with Crippen LogP contribution in [0.5, 0.6) is 11.5 Å². The van der Waals surface area contributed by atoms with E-state index in [2.05, 4.69) is 36.5 Å². The molecule has 0 aromatic heterocycles. The molecule has 2 heterocycles. The first-order valence-corrected chi connectivity index (χ1v) is 12.9. The van der Waals surface area contributed by atoms with Crippen molar-refractivity contribution in [1.82, 2.24) is 9.62 Å². The number of unbranched alkanes of at least 4 members (excludes halogenated alkanes) is 1. The van der Waals surface area contributed by atoms with Crippen LogP contribution in [0.1, 0.15) is 12.8 Å². The van der Waals surface area contributed by atoms with Gasteiger partial charge in [-0.1, -0.05) is 28.1 Å². The number of halogens is 1. The van der Waals surface area contributed by atoms with Crippen LogP contribution in [0.3, 0.4) is 0 Å². The zero-order valence-electron chi connectivity index (χ0n) is 17.4. The molecule has 4 rings (SSSR count). The molecule has 2 aliphatic rings. The Morgan fingerprint density at radius 1 is 0.968 bits per heavy atom. The van der Waals surface area contributed by atoms with Crippen molar-refractivity contribution in [2.45, 2.75) is 17.7 Å². The summed E-state index contributed by atoms with van der Waals surface area (Å²) in [4.78, 5) is 5.08. The van der Waals surface area contributed by atoms with Crippen LogP contribution < -0.4 is 19.1 Å². The van der Waals surface area contributed by atoms with Crippen LogP contribution in [0.4, 0.5) is 5.69 Å². The fourth-order valence-electron chi connectivity index (χ4n) is 3.90. The Kier molecular flexibility index (Phi) is 7.37. The maximum absolute atomic E-state index is 12.4. The van der Waals surface area contributed by atoms with Gasteiger partial charge >= 0.3 is 0 Å². The van der Waals surface area contributed by atoms with Crippen molar-refractivity contribution in [3.05, 3.63) is 46.9 Å². The molecule has 1 saturated heterocycles. The Bertz CT molecular complexity index is 994. The number of nitrogens with one attached hydrogen (secondary N) is 1. The van der Waals surface area contributed by atoms with E-state index in [1.807, 2.05) is 18.2 Å². The molecule has 31 heavy (non-hydrogen) atoms. The number of rotatable bonds is 8. The van der Waals surface area contributed by atoms with Crippen molar-refractivity contribution in [1.29, 1.82) is 0 Å². The lowest BCUT2D eigenvalue weighted by Gasteiger charge is -2.37. The van der Waals surface area contributed by atoms with Gasteiger partial charge in [-0.3, -0.25) is 4.90 Å². The quantitative estimate of drug-likeness (QED) is 0.551. The molecule has 0 aliphatic carbocycles. The normalized spacial score (nSPS) is 17.0. The third-order valence-electron chi connectivity index (χ3n) is 5.56. The number of piperazine rings is 1. The van der Waals surface area contributed by atoms with E-state index >= 15 is 0 Å². The lowest BCUT2D eigenvalue weighted by molar-refractivity contribution is 0.171. The standard InChI is InChI=1S/C22H28BrN3O4S/c23-18-5-3-6-19(17-18)31(27,28)24-9-1-2-10-25-11-13-26(14-12-25)20-7-4-8-21-22(20)30-16-15-29-21/h3-8,17,24H,1-2,9-16H2. The summed E-state index contributed by atoms with van der Waals surface area (Å²) in [5.74, 6) is 1.69. The minimum Gasteiger partial charge on any atom is -0.486 e. The first-order chi connectivity index (χ1) is 15.0. The molecule has 2 aliphatic heterocycles. The van der Waals surface area contributed by atoms with E-state index in [0.717, 1.165) is 67.2 Å². The molecule has 1 N–H and O–H groups in total. The van der Waals surface area contributed by atoms with Gasteiger partial charge in [0.05, 0.1) is 10.6 Å². The van der Waals surface area contributed by atoms with E-state index in [9.17, 15) is 8.42 Å². The molecule has 0 unspecified atom stereocenters. The molecule has 2 aromatic carbocycles. The Hall–Kier alpha value is -1.81. The van der Waals surface area contributed by atoms with E-state index in [1.54, 1.807) is 18.2 Å². The minimum atomic E-state index is -3.46. The van der Waals surface area contributed by atoms with Crippen molar-refractivity contribution in [2.24, 2.45) is 0 Å². The molecule has 0 spiro atoms. The molecule has 0 bridgehead atoms. The van der Waals surface area contributed by atoms with Crippen LogP contribution in [0.25, 0.3) is 0 Å². The van der Waals surface area contributed by atoms with E-state index < -0.39 is 10.0 Å². The summed E-state index contributed by atoms with van der Waals surface area (Å²) in [6.45, 7) is 6.45. The number of nitrogens with zero attached hydrogens (tertiary/aromatic N) is 2. The minimum absolute atomic E-state index is 0.287. The van der Waals surface area contributed by atoms with Gasteiger partial charge in [0.15, 0.2) is 11.5 Å². The molecular weight excluding hydrogens is 482 g/mol. The molecule has 9 heteroatoms. The fourth-order valence-corrected chi connectivity index (χ4v) is 5.57. The molecule has 0 amide bonds. The number of benzene rings is 2. The summed E-state index contributed by atoms with van der Waals surface area (Å²) in [5, 5.41) is 0. The summed E-state index contributed by atoms with van der Waals surface area (Å²) in [7, 11) is -3.46. The lowest BCUT2D eigenvalue weighted by atomic mass is 10.2. The highest BCUT2D eigenvalue weighted by Crippen LogP contribution is 2.39. The second kappa shape index (κ2) is 10.2. The Morgan fingerprint density at radius 3 is 2.55 bits per heavy atom. The van der Waals surface area contributed by atoms with Gasteiger partial charge in [-0.25, -0.2) is 13.1 Å². The van der Waals surface area contributed by atoms with Crippen molar-refractivity contribution in [2.75, 3.05) is 57.4 Å². The van der Waals surface area contributed by atoms with Crippen LogP contribution in [0.2, 0.25) is 0 Å². The van der Waals surface area contributed by atoms with Crippen molar-refractivity contribution in [3.8, 4) is 11.5 Å². The van der Waals surface area contributed by atoms with Crippen LogP contribution >= 0.6 is 15.9 Å². The maximum Gasteiger partial charge on any atom is 0.240 e. The third kappa shape index (κ3) is 5.71. The predicted molar refractivity (Wildman–Crippen MR) is 125 cm³/mol. The van der Waals surface area contributed by atoms with Crippen LogP contribution in [-0.4, -0.2) is 65.8 Å². The van der Waals surface area contributed by atoms with Gasteiger partial charge in [-0.05, 0) is 49.7 Å². The molecular formula is C22H28BrN3O4S. The van der Waals surface area contributed by atoms with Gasteiger partial charge in [0.2, 0.25) is 10.0 Å². The highest BCUT2D eigenvalue weighted by atomic mass is 79.9. The molecule has 2 aromatic rings. The highest BCUT2D eigenvalue weighted by Gasteiger charge is 2.23. The van der Waals surface area contributed by atoms with Crippen molar-refractivity contribution < 1.29 is 17.9 Å². The van der Waals surface area contributed by atoms with Gasteiger partial charge in [-0.2, -0.15) is 0 Å².